The molecule has 3 rings (SSSR count). The van der Waals surface area contributed by atoms with Crippen molar-refractivity contribution in [2.45, 2.75) is 134 Å². The highest BCUT2D eigenvalue weighted by atomic mass is 16.2. The van der Waals surface area contributed by atoms with E-state index in [4.69, 9.17) is 4.99 Å². The lowest BCUT2D eigenvalue weighted by atomic mass is 9.58. The van der Waals surface area contributed by atoms with Crippen LogP contribution in [0.5, 0.6) is 0 Å². The van der Waals surface area contributed by atoms with Crippen LogP contribution in [0, 0.1) is 5.92 Å². The van der Waals surface area contributed by atoms with E-state index >= 15 is 0 Å². The number of aliphatic imine (C=N–C) groups is 1. The van der Waals surface area contributed by atoms with Crippen LogP contribution in [0.3, 0.4) is 0 Å². The van der Waals surface area contributed by atoms with Crippen LogP contribution in [0.2, 0.25) is 12.1 Å². The number of hydrogen-bond donors (Lipinski definition) is 1. The van der Waals surface area contributed by atoms with Gasteiger partial charge >= 0.3 is 0 Å². The van der Waals surface area contributed by atoms with Crippen LogP contribution in [0.15, 0.2) is 4.99 Å². The second kappa shape index (κ2) is 14.8. The molecule has 33 heavy (non-hydrogen) atoms. The van der Waals surface area contributed by atoms with E-state index in [1.807, 2.05) is 0 Å². The molecule has 1 N–H and O–H groups in total. The van der Waals surface area contributed by atoms with Gasteiger partial charge in [-0.15, -0.1) is 0 Å². The predicted molar refractivity (Wildman–Crippen MR) is 138 cm³/mol. The number of hydrogen-bond acceptors (Lipinski definition) is 3. The summed E-state index contributed by atoms with van der Waals surface area (Å²) in [5.41, 5.74) is 0. The van der Waals surface area contributed by atoms with Gasteiger partial charge < -0.3 is 10.2 Å². The Morgan fingerprint density at radius 3 is 2.36 bits per heavy atom. The minimum atomic E-state index is 0.0367. The van der Waals surface area contributed by atoms with Gasteiger partial charge in [0.2, 0.25) is 11.8 Å². The van der Waals surface area contributed by atoms with E-state index < -0.39 is 0 Å². The number of fused-ring (bicyclic) bond motifs is 1. The van der Waals surface area contributed by atoms with Crippen molar-refractivity contribution < 1.29 is 9.59 Å². The number of nitrogens with one attached hydrogen (secondary N) is 1. The molecular weight excluding hydrogens is 409 g/mol. The van der Waals surface area contributed by atoms with Gasteiger partial charge in [-0.1, -0.05) is 96.1 Å². The maximum absolute atomic E-state index is 13.1. The average Bonchev–Trinajstić information content (AvgIpc) is 2.76. The third kappa shape index (κ3) is 9.09. The van der Waals surface area contributed by atoms with E-state index in [-0.39, 0.29) is 23.8 Å². The molecule has 2 atom stereocenters. The van der Waals surface area contributed by atoms with Crippen molar-refractivity contribution in [3.63, 3.8) is 0 Å². The Morgan fingerprint density at radius 2 is 1.64 bits per heavy atom. The smallest absolute Gasteiger partial charge is 0.230 e. The number of rotatable bonds is 10. The maximum Gasteiger partial charge on any atom is 0.230 e. The van der Waals surface area contributed by atoms with E-state index in [9.17, 15) is 9.59 Å². The maximum atomic E-state index is 13.1. The molecule has 2 unspecified atom stereocenters. The third-order valence-corrected chi connectivity index (χ3v) is 7.91. The van der Waals surface area contributed by atoms with Gasteiger partial charge in [-0.25, -0.2) is 0 Å². The first kappa shape index (κ1) is 26.3. The molecule has 0 bridgehead atoms. The molecule has 2 amide bonds. The summed E-state index contributed by atoms with van der Waals surface area (Å²) in [5.74, 6) is 1.86. The van der Waals surface area contributed by atoms with Crippen LogP contribution < -0.4 is 5.32 Å². The zero-order valence-electron chi connectivity index (χ0n) is 21.2. The van der Waals surface area contributed by atoms with Gasteiger partial charge in [-0.2, -0.15) is 0 Å². The largest absolute Gasteiger partial charge is 0.343 e. The van der Waals surface area contributed by atoms with E-state index in [1.54, 1.807) is 0 Å². The standard InChI is InChI=1S/C27H47BN3O2/c1-2-3-20-31(21-19-28-22-13-9-5-4-6-10-14-22)26(32)18-17-25-29-24-16-12-8-7-11-15-23(24)27(33)30-25/h22-24H,2-21H2,1H3,(H,29,30,33). The van der Waals surface area contributed by atoms with E-state index in [1.165, 1.54) is 57.8 Å². The van der Waals surface area contributed by atoms with Gasteiger partial charge in [0.15, 0.2) is 0 Å². The van der Waals surface area contributed by atoms with Crippen LogP contribution in [0.25, 0.3) is 0 Å². The molecule has 1 heterocycles. The van der Waals surface area contributed by atoms with Gasteiger partial charge in [0, 0.05) is 25.9 Å². The highest BCUT2D eigenvalue weighted by Gasteiger charge is 2.33. The molecule has 0 saturated heterocycles. The molecule has 5 nitrogen and oxygen atoms in total. The van der Waals surface area contributed by atoms with Crippen molar-refractivity contribution in [3.8, 4) is 0 Å². The van der Waals surface area contributed by atoms with Gasteiger partial charge in [0.1, 0.15) is 13.1 Å². The molecule has 2 aliphatic carbocycles. The van der Waals surface area contributed by atoms with Gasteiger partial charge in [-0.3, -0.25) is 14.6 Å². The van der Waals surface area contributed by atoms with Gasteiger partial charge in [0.25, 0.3) is 0 Å². The zero-order valence-corrected chi connectivity index (χ0v) is 21.2. The molecule has 3 aliphatic rings. The molecule has 185 valence electrons. The number of carbonyl (C=O) groups is 2. The fraction of sp³-hybridized carbons (Fsp3) is 0.889. The molecule has 0 aromatic rings. The van der Waals surface area contributed by atoms with Gasteiger partial charge in [0.05, 0.1) is 12.0 Å². The topological polar surface area (TPSA) is 61.8 Å². The van der Waals surface area contributed by atoms with Gasteiger partial charge in [-0.05, 0) is 19.3 Å². The molecule has 0 spiro atoms. The first-order valence-corrected chi connectivity index (χ1v) is 14.2. The van der Waals surface area contributed by atoms with Crippen LogP contribution in [-0.2, 0) is 9.59 Å². The fourth-order valence-electron chi connectivity index (χ4n) is 5.80. The Hall–Kier alpha value is -1.33. The van der Waals surface area contributed by atoms with Crippen molar-refractivity contribution in [2.24, 2.45) is 10.9 Å². The summed E-state index contributed by atoms with van der Waals surface area (Å²) in [6, 6.07) is 0.124. The Kier molecular flexibility index (Phi) is 11.8. The summed E-state index contributed by atoms with van der Waals surface area (Å²) in [4.78, 5) is 32.7. The second-order valence-corrected chi connectivity index (χ2v) is 10.6. The number of amidine groups is 1. The molecule has 2 saturated carbocycles. The minimum Gasteiger partial charge on any atom is -0.343 e. The van der Waals surface area contributed by atoms with Crippen molar-refractivity contribution in [2.75, 3.05) is 13.1 Å². The van der Waals surface area contributed by atoms with Crippen LogP contribution >= 0.6 is 0 Å². The van der Waals surface area contributed by atoms with E-state index in [0.29, 0.717) is 12.8 Å². The lowest BCUT2D eigenvalue weighted by molar-refractivity contribution is -0.131. The first-order valence-electron chi connectivity index (χ1n) is 14.2. The van der Waals surface area contributed by atoms with Crippen molar-refractivity contribution in [1.29, 1.82) is 0 Å². The summed E-state index contributed by atoms with van der Waals surface area (Å²) in [6.07, 6.45) is 20.4. The van der Waals surface area contributed by atoms with Crippen LogP contribution in [0.1, 0.15) is 116 Å². The molecule has 0 aromatic heterocycles. The van der Waals surface area contributed by atoms with Crippen molar-refractivity contribution in [3.05, 3.63) is 0 Å². The Balaban J connectivity index is 1.47. The Bertz CT molecular complexity index is 631. The number of carbonyl (C=O) groups excluding carboxylic acids is 2. The summed E-state index contributed by atoms with van der Waals surface area (Å²) >= 11 is 0. The number of amides is 2. The van der Waals surface area contributed by atoms with E-state index in [2.05, 4.69) is 24.4 Å². The second-order valence-electron chi connectivity index (χ2n) is 10.6. The average molecular weight is 457 g/mol. The number of nitrogens with zero attached hydrogens (tertiary/aromatic N) is 2. The zero-order chi connectivity index (χ0) is 23.3. The predicted octanol–water partition coefficient (Wildman–Crippen LogP) is 5.92. The molecule has 1 radical (unpaired) electrons. The first-order chi connectivity index (χ1) is 16.2. The molecule has 6 heteroatoms. The molecular formula is C27H47BN3O2. The highest BCUT2D eigenvalue weighted by Crippen LogP contribution is 2.28. The minimum absolute atomic E-state index is 0.0367. The lowest BCUT2D eigenvalue weighted by Gasteiger charge is -2.31. The molecule has 2 fully saturated rings. The Morgan fingerprint density at radius 1 is 0.970 bits per heavy atom. The summed E-state index contributed by atoms with van der Waals surface area (Å²) in [5, 5.41) is 3.03. The third-order valence-electron chi connectivity index (χ3n) is 7.91. The quantitative estimate of drug-likeness (QED) is 0.415. The van der Waals surface area contributed by atoms with Crippen molar-refractivity contribution >= 4 is 24.9 Å². The summed E-state index contributed by atoms with van der Waals surface area (Å²) in [6.45, 7) is 3.86. The molecule has 0 aromatic carbocycles. The SMILES string of the molecule is CCCCN(CC[B]C1CCCCCCC1)C(=O)CCC1=NC2CCCCCCC2C(=O)N1. The fourth-order valence-corrected chi connectivity index (χ4v) is 5.80. The number of unbranched alkanes of at least 4 members (excludes halogenated alkanes) is 1. The molecule has 1 aliphatic heterocycles. The van der Waals surface area contributed by atoms with Crippen molar-refractivity contribution in [1.82, 2.24) is 10.2 Å². The Labute approximate surface area is 203 Å². The van der Waals surface area contributed by atoms with Crippen LogP contribution in [0.4, 0.5) is 0 Å². The monoisotopic (exact) mass is 456 g/mol. The van der Waals surface area contributed by atoms with E-state index in [0.717, 1.165) is 69.6 Å². The summed E-state index contributed by atoms with van der Waals surface area (Å²) in [7, 11) is 2.50. The highest BCUT2D eigenvalue weighted by molar-refractivity contribution is 6.37. The van der Waals surface area contributed by atoms with Crippen LogP contribution in [-0.4, -0.2) is 49.0 Å². The summed E-state index contributed by atoms with van der Waals surface area (Å²) < 4.78 is 0. The lowest BCUT2D eigenvalue weighted by Crippen LogP contribution is -2.46. The normalized spacial score (nSPS) is 24.9.